The minimum atomic E-state index is -0.993. The van der Waals surface area contributed by atoms with Crippen molar-refractivity contribution in [3.63, 3.8) is 0 Å². The Bertz CT molecular complexity index is 320. The largest absolute Gasteiger partial charge is 0.481 e. The van der Waals surface area contributed by atoms with Crippen LogP contribution in [0.3, 0.4) is 0 Å². The highest BCUT2D eigenvalue weighted by molar-refractivity contribution is 5.86. The predicted molar refractivity (Wildman–Crippen MR) is 47.4 cm³/mol. The van der Waals surface area contributed by atoms with E-state index in [4.69, 9.17) is 9.84 Å². The number of ether oxygens (including phenoxy) is 1. The van der Waals surface area contributed by atoms with Crippen molar-refractivity contribution in [2.45, 2.75) is 13.3 Å². The summed E-state index contributed by atoms with van der Waals surface area (Å²) in [5, 5.41) is 9.12. The zero-order valence-electron chi connectivity index (χ0n) is 7.90. The van der Waals surface area contributed by atoms with Gasteiger partial charge in [-0.2, -0.15) is 0 Å². The number of carbonyl (C=O) groups excluding carboxylic acids is 1. The molecule has 1 heterocycles. The van der Waals surface area contributed by atoms with Crippen LogP contribution in [0.15, 0.2) is 12.2 Å². The molecule has 4 heteroatoms. The molecule has 0 saturated carbocycles. The first-order valence-corrected chi connectivity index (χ1v) is 4.62. The monoisotopic (exact) mass is 196 g/mol. The van der Waals surface area contributed by atoms with Crippen LogP contribution in [0, 0.1) is 17.3 Å². The van der Waals surface area contributed by atoms with Crippen molar-refractivity contribution in [1.29, 1.82) is 0 Å². The van der Waals surface area contributed by atoms with Gasteiger partial charge in [0.2, 0.25) is 0 Å². The van der Waals surface area contributed by atoms with Crippen molar-refractivity contribution in [3.05, 3.63) is 12.2 Å². The van der Waals surface area contributed by atoms with Gasteiger partial charge in [-0.3, -0.25) is 9.59 Å². The summed E-state index contributed by atoms with van der Waals surface area (Å²) in [6.45, 7) is 1.94. The normalized spacial score (nSPS) is 40.5. The van der Waals surface area contributed by atoms with E-state index in [0.29, 0.717) is 13.0 Å². The van der Waals surface area contributed by atoms with E-state index in [1.54, 1.807) is 6.92 Å². The fourth-order valence-corrected chi connectivity index (χ4v) is 2.27. The molecule has 76 valence electrons. The number of carboxylic acid groups (broad SMARTS) is 1. The van der Waals surface area contributed by atoms with E-state index in [2.05, 4.69) is 0 Å². The lowest BCUT2D eigenvalue weighted by atomic mass is 9.66. The summed E-state index contributed by atoms with van der Waals surface area (Å²) in [5.74, 6) is -1.86. The molecule has 0 radical (unpaired) electrons. The standard InChI is InChI=1S/C10H12O4/c1-10(9(12)13)4-2-3-6-5-14-8(11)7(6)10/h2-3,6-7H,4-5H2,1H3,(H,12,13)/t6-,7-,10+/m0/s1. The number of allylic oxidation sites excluding steroid dienone is 1. The van der Waals surface area contributed by atoms with Crippen molar-refractivity contribution in [2.24, 2.45) is 17.3 Å². The molecule has 14 heavy (non-hydrogen) atoms. The predicted octanol–water partition coefficient (Wildman–Crippen LogP) is 0.826. The number of esters is 1. The van der Waals surface area contributed by atoms with Crippen LogP contribution in [0.2, 0.25) is 0 Å². The van der Waals surface area contributed by atoms with Crippen LogP contribution < -0.4 is 0 Å². The lowest BCUT2D eigenvalue weighted by Crippen LogP contribution is -2.42. The first-order chi connectivity index (χ1) is 6.55. The number of hydrogen-bond donors (Lipinski definition) is 1. The topological polar surface area (TPSA) is 63.6 Å². The molecule has 1 fully saturated rings. The van der Waals surface area contributed by atoms with E-state index in [-0.39, 0.29) is 11.9 Å². The van der Waals surface area contributed by atoms with Gasteiger partial charge in [0.1, 0.15) is 0 Å². The van der Waals surface area contributed by atoms with Crippen LogP contribution in [0.1, 0.15) is 13.3 Å². The Morgan fingerprint density at radius 3 is 3.07 bits per heavy atom. The Balaban J connectivity index is 2.40. The summed E-state index contributed by atoms with van der Waals surface area (Å²) in [4.78, 5) is 22.5. The van der Waals surface area contributed by atoms with Crippen LogP contribution in [-0.4, -0.2) is 23.7 Å². The van der Waals surface area contributed by atoms with E-state index in [1.807, 2.05) is 12.2 Å². The second-order valence-electron chi connectivity index (χ2n) is 4.13. The van der Waals surface area contributed by atoms with Gasteiger partial charge in [-0.25, -0.2) is 0 Å². The fourth-order valence-electron chi connectivity index (χ4n) is 2.27. The molecule has 0 unspecified atom stereocenters. The Kier molecular flexibility index (Phi) is 1.87. The van der Waals surface area contributed by atoms with Crippen LogP contribution in [0.4, 0.5) is 0 Å². The summed E-state index contributed by atoms with van der Waals surface area (Å²) >= 11 is 0. The van der Waals surface area contributed by atoms with Gasteiger partial charge < -0.3 is 9.84 Å². The maximum Gasteiger partial charge on any atom is 0.310 e. The third-order valence-corrected chi connectivity index (χ3v) is 3.20. The molecule has 0 spiro atoms. The third-order valence-electron chi connectivity index (χ3n) is 3.20. The maximum atomic E-state index is 11.4. The van der Waals surface area contributed by atoms with Crippen molar-refractivity contribution >= 4 is 11.9 Å². The van der Waals surface area contributed by atoms with Crippen molar-refractivity contribution in [1.82, 2.24) is 0 Å². The quantitative estimate of drug-likeness (QED) is 0.498. The molecule has 2 aliphatic rings. The number of carboxylic acids is 1. The van der Waals surface area contributed by atoms with Crippen molar-refractivity contribution in [3.8, 4) is 0 Å². The third kappa shape index (κ3) is 1.06. The molecule has 1 N–H and O–H groups in total. The van der Waals surface area contributed by atoms with E-state index in [1.165, 1.54) is 0 Å². The molecular weight excluding hydrogens is 184 g/mol. The van der Waals surface area contributed by atoms with Gasteiger partial charge in [-0.1, -0.05) is 12.2 Å². The van der Waals surface area contributed by atoms with Gasteiger partial charge >= 0.3 is 11.9 Å². The van der Waals surface area contributed by atoms with Gasteiger partial charge in [0, 0.05) is 5.92 Å². The number of aliphatic carboxylic acids is 1. The van der Waals surface area contributed by atoms with Crippen molar-refractivity contribution < 1.29 is 19.4 Å². The first kappa shape index (κ1) is 9.24. The van der Waals surface area contributed by atoms with E-state index < -0.39 is 17.3 Å². The molecule has 0 bridgehead atoms. The fraction of sp³-hybridized carbons (Fsp3) is 0.600. The molecule has 4 nitrogen and oxygen atoms in total. The summed E-state index contributed by atoms with van der Waals surface area (Å²) in [6, 6.07) is 0. The van der Waals surface area contributed by atoms with Gasteiger partial charge in [0.25, 0.3) is 0 Å². The number of carbonyl (C=O) groups is 2. The number of hydrogen-bond acceptors (Lipinski definition) is 3. The lowest BCUT2D eigenvalue weighted by molar-refractivity contribution is -0.159. The van der Waals surface area contributed by atoms with E-state index >= 15 is 0 Å². The second-order valence-corrected chi connectivity index (χ2v) is 4.13. The SMILES string of the molecule is C[C@@]1(C(=O)O)CC=C[C@H]2COC(=O)[C@H]21. The van der Waals surface area contributed by atoms with E-state index in [0.717, 1.165) is 0 Å². The zero-order chi connectivity index (χ0) is 10.3. The van der Waals surface area contributed by atoms with Gasteiger partial charge in [-0.15, -0.1) is 0 Å². The average Bonchev–Trinajstić information content (AvgIpc) is 2.49. The maximum absolute atomic E-state index is 11.4. The average molecular weight is 196 g/mol. The molecule has 0 aromatic rings. The lowest BCUT2D eigenvalue weighted by Gasteiger charge is -2.33. The molecule has 1 aliphatic carbocycles. The smallest absolute Gasteiger partial charge is 0.310 e. The van der Waals surface area contributed by atoms with E-state index in [9.17, 15) is 9.59 Å². The van der Waals surface area contributed by atoms with Gasteiger partial charge in [-0.05, 0) is 13.3 Å². The highest BCUT2D eigenvalue weighted by Crippen LogP contribution is 2.44. The molecular formula is C10H12O4. The second kappa shape index (κ2) is 2.83. The summed E-state index contributed by atoms with van der Waals surface area (Å²) in [5.41, 5.74) is -0.993. The van der Waals surface area contributed by atoms with Gasteiger partial charge in [0.15, 0.2) is 0 Å². The first-order valence-electron chi connectivity index (χ1n) is 4.62. The van der Waals surface area contributed by atoms with Gasteiger partial charge in [0.05, 0.1) is 17.9 Å². The molecule has 3 atom stereocenters. The Morgan fingerprint density at radius 2 is 2.43 bits per heavy atom. The summed E-state index contributed by atoms with van der Waals surface area (Å²) < 4.78 is 4.89. The Labute approximate surface area is 81.6 Å². The molecule has 0 aromatic heterocycles. The molecule has 0 amide bonds. The number of cyclic esters (lactones) is 1. The minimum absolute atomic E-state index is 0.0580. The molecule has 1 saturated heterocycles. The molecule has 0 aromatic carbocycles. The summed E-state index contributed by atoms with van der Waals surface area (Å²) in [7, 11) is 0. The number of fused-ring (bicyclic) bond motifs is 1. The number of rotatable bonds is 1. The Hall–Kier alpha value is -1.32. The van der Waals surface area contributed by atoms with Crippen molar-refractivity contribution in [2.75, 3.05) is 6.61 Å². The summed E-state index contributed by atoms with van der Waals surface area (Å²) in [6.07, 6.45) is 4.12. The minimum Gasteiger partial charge on any atom is -0.481 e. The van der Waals surface area contributed by atoms with Crippen LogP contribution >= 0.6 is 0 Å². The zero-order valence-corrected chi connectivity index (χ0v) is 7.90. The highest BCUT2D eigenvalue weighted by Gasteiger charge is 2.53. The highest BCUT2D eigenvalue weighted by atomic mass is 16.5. The van der Waals surface area contributed by atoms with Crippen LogP contribution in [-0.2, 0) is 14.3 Å². The Morgan fingerprint density at radius 1 is 1.71 bits per heavy atom. The van der Waals surface area contributed by atoms with Crippen LogP contribution in [0.25, 0.3) is 0 Å². The van der Waals surface area contributed by atoms with Crippen LogP contribution in [0.5, 0.6) is 0 Å². The molecule has 2 rings (SSSR count). The molecule has 1 aliphatic heterocycles.